The number of carbonyl (C=O) groups is 1. The molecule has 0 spiro atoms. The van der Waals surface area contributed by atoms with Crippen LogP contribution in [-0.2, 0) is 29.7 Å². The first-order chi connectivity index (χ1) is 16.3. The highest BCUT2D eigenvalue weighted by Gasteiger charge is 2.45. The van der Waals surface area contributed by atoms with E-state index < -0.39 is 5.54 Å². The molecule has 3 N–H and O–H groups in total. The number of nitrogens with zero attached hydrogens (tertiary/aromatic N) is 3. The highest BCUT2D eigenvalue weighted by atomic mass is 19.1. The fraction of sp³-hybridized carbons (Fsp3) is 0.333. The van der Waals surface area contributed by atoms with E-state index in [0.29, 0.717) is 12.1 Å². The summed E-state index contributed by atoms with van der Waals surface area (Å²) in [4.78, 5) is 17.6. The van der Waals surface area contributed by atoms with Gasteiger partial charge in [0, 0.05) is 22.7 Å². The number of nitrogens with one attached hydrogen (secondary N) is 1. The number of amides is 1. The van der Waals surface area contributed by atoms with Crippen molar-refractivity contribution in [1.29, 1.82) is 0 Å². The van der Waals surface area contributed by atoms with E-state index in [1.807, 2.05) is 30.7 Å². The van der Waals surface area contributed by atoms with Gasteiger partial charge in [-0.1, -0.05) is 32.0 Å². The van der Waals surface area contributed by atoms with Crippen molar-refractivity contribution < 1.29 is 9.18 Å². The minimum absolute atomic E-state index is 0.0553. The molecular formula is C27H30FN5O. The summed E-state index contributed by atoms with van der Waals surface area (Å²) in [5.74, 6) is -0.412. The summed E-state index contributed by atoms with van der Waals surface area (Å²) in [6.07, 6.45) is 3.47. The van der Waals surface area contributed by atoms with Crippen LogP contribution in [-0.4, -0.2) is 32.1 Å². The number of carbonyl (C=O) groups excluding carboxylic acids is 1. The van der Waals surface area contributed by atoms with Gasteiger partial charge in [0.1, 0.15) is 5.82 Å². The second-order valence-electron chi connectivity index (χ2n) is 9.32. The first-order valence-corrected chi connectivity index (χ1v) is 11.8. The lowest BCUT2D eigenvalue weighted by molar-refractivity contribution is -0.135. The molecule has 4 aromatic rings. The Kier molecular flexibility index (Phi) is 5.32. The van der Waals surface area contributed by atoms with Crippen molar-refractivity contribution in [1.82, 2.24) is 19.7 Å². The van der Waals surface area contributed by atoms with Crippen LogP contribution >= 0.6 is 0 Å². The number of aryl methyl sites for hydroxylation is 2. The first-order valence-electron chi connectivity index (χ1n) is 11.8. The predicted octanol–water partition coefficient (Wildman–Crippen LogP) is 4.82. The molecule has 1 amide bonds. The van der Waals surface area contributed by atoms with Gasteiger partial charge in [-0.25, -0.2) is 9.07 Å². The van der Waals surface area contributed by atoms with Gasteiger partial charge in [-0.2, -0.15) is 5.10 Å². The van der Waals surface area contributed by atoms with Gasteiger partial charge in [0.2, 0.25) is 5.91 Å². The van der Waals surface area contributed by atoms with E-state index in [1.165, 1.54) is 17.2 Å². The number of aromatic nitrogens is 3. The van der Waals surface area contributed by atoms with E-state index in [1.54, 1.807) is 11.1 Å². The number of halogens is 1. The highest BCUT2D eigenvalue weighted by molar-refractivity contribution is 5.96. The van der Waals surface area contributed by atoms with E-state index in [9.17, 15) is 9.18 Å². The lowest BCUT2D eigenvalue weighted by Crippen LogP contribution is -2.43. The maximum absolute atomic E-state index is 14.6. The lowest BCUT2D eigenvalue weighted by Gasteiger charge is -2.31. The van der Waals surface area contributed by atoms with Gasteiger partial charge in [0.15, 0.2) is 0 Å². The topological polar surface area (TPSA) is 79.9 Å². The second kappa shape index (κ2) is 8.09. The van der Waals surface area contributed by atoms with E-state index in [2.05, 4.69) is 37.0 Å². The number of benzene rings is 2. The zero-order chi connectivity index (χ0) is 24.2. The molecule has 34 heavy (non-hydrogen) atoms. The van der Waals surface area contributed by atoms with Crippen LogP contribution in [0.25, 0.3) is 27.8 Å². The van der Waals surface area contributed by atoms with Crippen LogP contribution in [0, 0.1) is 5.82 Å². The molecule has 0 aliphatic carbocycles. The van der Waals surface area contributed by atoms with Crippen molar-refractivity contribution in [2.45, 2.75) is 52.6 Å². The molecule has 176 valence electrons. The Morgan fingerprint density at radius 2 is 1.85 bits per heavy atom. The smallest absolute Gasteiger partial charge is 0.237 e. The number of nitrogens with two attached hydrogens (primary N) is 1. The van der Waals surface area contributed by atoms with Gasteiger partial charge in [-0.15, -0.1) is 0 Å². The van der Waals surface area contributed by atoms with Crippen LogP contribution in [0.4, 0.5) is 4.39 Å². The first kappa shape index (κ1) is 22.3. The van der Waals surface area contributed by atoms with Gasteiger partial charge >= 0.3 is 0 Å². The van der Waals surface area contributed by atoms with Crippen molar-refractivity contribution in [3.05, 3.63) is 70.8 Å². The Hall–Kier alpha value is -3.45. The zero-order valence-corrected chi connectivity index (χ0v) is 20.1. The summed E-state index contributed by atoms with van der Waals surface area (Å²) >= 11 is 0. The number of hydrogen-bond donors (Lipinski definition) is 2. The number of para-hydroxylation sites is 1. The number of aromatic amines is 1. The van der Waals surface area contributed by atoms with Gasteiger partial charge in [0.25, 0.3) is 0 Å². The molecule has 0 radical (unpaired) electrons. The third-order valence-corrected chi connectivity index (χ3v) is 7.13. The number of rotatable bonds is 5. The average molecular weight is 460 g/mol. The standard InChI is InChI=1S/C27H30FN5O/c1-5-16-8-7-9-17(6-2)24(16)33-25(19-10-11-21(28)23-18(19)12-13-30-23)20-15-32(22(34)14-29)27(3,4)26(20)31-33/h7-13,30H,5-6,14-15,29H2,1-4H3. The molecular weight excluding hydrogens is 429 g/mol. The molecule has 2 aromatic carbocycles. The van der Waals surface area contributed by atoms with E-state index in [4.69, 9.17) is 10.8 Å². The van der Waals surface area contributed by atoms with Gasteiger partial charge in [-0.05, 0) is 56.0 Å². The minimum Gasteiger partial charge on any atom is -0.359 e. The Balaban J connectivity index is 1.87. The SMILES string of the molecule is CCc1cccc(CC)c1-n1nc2c(c1-c1ccc(F)c3[nH]ccc13)CN(C(=O)CN)C2(C)C. The monoisotopic (exact) mass is 459 g/mol. The third kappa shape index (κ3) is 3.10. The maximum Gasteiger partial charge on any atom is 0.237 e. The normalized spacial score (nSPS) is 14.7. The number of hydrogen-bond acceptors (Lipinski definition) is 3. The van der Waals surface area contributed by atoms with Crippen LogP contribution in [0.1, 0.15) is 50.1 Å². The van der Waals surface area contributed by atoms with Crippen LogP contribution in [0.5, 0.6) is 0 Å². The number of fused-ring (bicyclic) bond motifs is 2. The van der Waals surface area contributed by atoms with Crippen molar-refractivity contribution in [3.63, 3.8) is 0 Å². The fourth-order valence-electron chi connectivity index (χ4n) is 5.34. The van der Waals surface area contributed by atoms with Crippen LogP contribution in [0.15, 0.2) is 42.6 Å². The van der Waals surface area contributed by atoms with E-state index in [0.717, 1.165) is 46.4 Å². The number of H-pyrrole nitrogens is 1. The average Bonchev–Trinajstić information content (AvgIpc) is 3.53. The predicted molar refractivity (Wildman–Crippen MR) is 132 cm³/mol. The van der Waals surface area contributed by atoms with Crippen molar-refractivity contribution >= 4 is 16.8 Å². The molecule has 1 aliphatic rings. The van der Waals surface area contributed by atoms with Crippen LogP contribution in [0.2, 0.25) is 0 Å². The molecule has 5 rings (SSSR count). The second-order valence-corrected chi connectivity index (χ2v) is 9.32. The molecule has 0 bridgehead atoms. The summed E-state index contributed by atoms with van der Waals surface area (Å²) in [6.45, 7) is 8.66. The molecule has 0 unspecified atom stereocenters. The largest absolute Gasteiger partial charge is 0.359 e. The molecule has 6 nitrogen and oxygen atoms in total. The summed E-state index contributed by atoms with van der Waals surface area (Å²) in [7, 11) is 0. The minimum atomic E-state index is -0.614. The zero-order valence-electron chi connectivity index (χ0n) is 20.1. The Morgan fingerprint density at radius 1 is 1.15 bits per heavy atom. The van der Waals surface area contributed by atoms with Crippen molar-refractivity contribution in [2.24, 2.45) is 5.73 Å². The maximum atomic E-state index is 14.6. The Bertz CT molecular complexity index is 1390. The molecule has 7 heteroatoms. The summed E-state index contributed by atoms with van der Waals surface area (Å²) < 4.78 is 16.6. The summed E-state index contributed by atoms with van der Waals surface area (Å²) in [5.41, 5.74) is 12.7. The molecule has 2 aromatic heterocycles. The quantitative estimate of drug-likeness (QED) is 0.449. The lowest BCUT2D eigenvalue weighted by atomic mass is 9.97. The highest BCUT2D eigenvalue weighted by Crippen LogP contribution is 2.45. The molecule has 1 aliphatic heterocycles. The van der Waals surface area contributed by atoms with E-state index in [-0.39, 0.29) is 18.3 Å². The Morgan fingerprint density at radius 3 is 2.50 bits per heavy atom. The fourth-order valence-corrected chi connectivity index (χ4v) is 5.34. The van der Waals surface area contributed by atoms with Crippen molar-refractivity contribution in [2.75, 3.05) is 6.54 Å². The molecule has 0 atom stereocenters. The van der Waals surface area contributed by atoms with Crippen LogP contribution < -0.4 is 5.73 Å². The van der Waals surface area contributed by atoms with Gasteiger partial charge < -0.3 is 15.6 Å². The molecule has 3 heterocycles. The summed E-state index contributed by atoms with van der Waals surface area (Å²) in [6, 6.07) is 11.6. The molecule has 0 fully saturated rings. The summed E-state index contributed by atoms with van der Waals surface area (Å²) in [5, 5.41) is 5.96. The van der Waals surface area contributed by atoms with Gasteiger partial charge in [-0.3, -0.25) is 4.79 Å². The molecule has 0 saturated heterocycles. The van der Waals surface area contributed by atoms with E-state index >= 15 is 0 Å². The van der Waals surface area contributed by atoms with Crippen LogP contribution in [0.3, 0.4) is 0 Å². The molecule has 0 saturated carbocycles. The van der Waals surface area contributed by atoms with Gasteiger partial charge in [0.05, 0.1) is 41.2 Å². The Labute approximate surface area is 198 Å². The third-order valence-electron chi connectivity index (χ3n) is 7.13. The van der Waals surface area contributed by atoms with Crippen molar-refractivity contribution in [3.8, 4) is 16.9 Å².